The molecule has 0 spiro atoms. The van der Waals surface area contributed by atoms with Gasteiger partial charge in [0.2, 0.25) is 0 Å². The monoisotopic (exact) mass is 253 g/mol. The summed E-state index contributed by atoms with van der Waals surface area (Å²) in [5, 5.41) is 2.67. The Morgan fingerprint density at radius 3 is 2.44 bits per heavy atom. The first-order chi connectivity index (χ1) is 8.74. The molecule has 88 valence electrons. The van der Waals surface area contributed by atoms with Gasteiger partial charge in [-0.05, 0) is 18.4 Å². The van der Waals surface area contributed by atoms with Gasteiger partial charge in [-0.25, -0.2) is 4.98 Å². The van der Waals surface area contributed by atoms with E-state index in [1.807, 2.05) is 18.2 Å². The van der Waals surface area contributed by atoms with E-state index in [1.54, 1.807) is 0 Å². The zero-order chi connectivity index (χ0) is 12.5. The molecule has 0 atom stereocenters. The maximum atomic E-state index is 6.23. The van der Waals surface area contributed by atoms with Crippen LogP contribution in [0, 0.1) is 6.92 Å². The minimum Gasteiger partial charge on any atom is -0.235 e. The van der Waals surface area contributed by atoms with Crippen LogP contribution in [0.2, 0.25) is 5.15 Å². The molecular formula is C16H12ClN. The summed E-state index contributed by atoms with van der Waals surface area (Å²) in [5.74, 6) is 0. The van der Waals surface area contributed by atoms with Crippen LogP contribution < -0.4 is 0 Å². The third kappa shape index (κ3) is 1.98. The van der Waals surface area contributed by atoms with E-state index in [4.69, 9.17) is 11.6 Å². The standard InChI is InChI=1S/C16H12ClN/c1-11-6-8-12(9-7-11)15-10-13-4-2-3-5-14(13)16(17)18-15/h2-10H,1H3. The number of halogens is 1. The molecule has 0 bridgehead atoms. The highest BCUT2D eigenvalue weighted by Crippen LogP contribution is 2.27. The normalized spacial score (nSPS) is 10.8. The van der Waals surface area contributed by atoms with Gasteiger partial charge in [-0.3, -0.25) is 0 Å². The number of benzene rings is 2. The van der Waals surface area contributed by atoms with Crippen LogP contribution in [-0.4, -0.2) is 4.98 Å². The van der Waals surface area contributed by atoms with Crippen LogP contribution in [-0.2, 0) is 0 Å². The van der Waals surface area contributed by atoms with Crippen LogP contribution in [0.4, 0.5) is 0 Å². The summed E-state index contributed by atoms with van der Waals surface area (Å²) >= 11 is 6.23. The molecule has 0 saturated heterocycles. The van der Waals surface area contributed by atoms with Crippen molar-refractivity contribution in [3.8, 4) is 11.3 Å². The number of rotatable bonds is 1. The average molecular weight is 254 g/mol. The van der Waals surface area contributed by atoms with E-state index < -0.39 is 0 Å². The zero-order valence-corrected chi connectivity index (χ0v) is 10.8. The lowest BCUT2D eigenvalue weighted by atomic mass is 10.1. The summed E-state index contributed by atoms with van der Waals surface area (Å²) in [4.78, 5) is 4.47. The summed E-state index contributed by atoms with van der Waals surface area (Å²) in [6.07, 6.45) is 0. The minimum absolute atomic E-state index is 0.559. The molecule has 3 aromatic rings. The van der Waals surface area contributed by atoms with Gasteiger partial charge in [0.05, 0.1) is 5.69 Å². The molecule has 1 heterocycles. The van der Waals surface area contributed by atoms with Gasteiger partial charge in [0, 0.05) is 10.9 Å². The van der Waals surface area contributed by atoms with Gasteiger partial charge >= 0.3 is 0 Å². The SMILES string of the molecule is Cc1ccc(-c2cc3ccccc3c(Cl)n2)cc1. The number of aromatic nitrogens is 1. The predicted molar refractivity (Wildman–Crippen MR) is 76.9 cm³/mol. The zero-order valence-electron chi connectivity index (χ0n) is 10.0. The Morgan fingerprint density at radius 1 is 0.944 bits per heavy atom. The first kappa shape index (κ1) is 11.2. The molecule has 0 unspecified atom stereocenters. The average Bonchev–Trinajstić information content (AvgIpc) is 2.39. The topological polar surface area (TPSA) is 12.9 Å². The predicted octanol–water partition coefficient (Wildman–Crippen LogP) is 4.86. The quantitative estimate of drug-likeness (QED) is 0.564. The summed E-state index contributed by atoms with van der Waals surface area (Å²) < 4.78 is 0. The minimum atomic E-state index is 0.559. The third-order valence-corrected chi connectivity index (χ3v) is 3.33. The number of hydrogen-bond acceptors (Lipinski definition) is 1. The van der Waals surface area contributed by atoms with Crippen molar-refractivity contribution >= 4 is 22.4 Å². The van der Waals surface area contributed by atoms with E-state index in [0.29, 0.717) is 5.15 Å². The fourth-order valence-corrected chi connectivity index (χ4v) is 2.29. The molecule has 0 radical (unpaired) electrons. The van der Waals surface area contributed by atoms with Crippen molar-refractivity contribution in [3.05, 3.63) is 65.3 Å². The first-order valence-corrected chi connectivity index (χ1v) is 6.24. The van der Waals surface area contributed by atoms with Crippen molar-refractivity contribution in [1.82, 2.24) is 4.98 Å². The second-order valence-corrected chi connectivity index (χ2v) is 4.74. The molecule has 2 heteroatoms. The van der Waals surface area contributed by atoms with Gasteiger partial charge in [-0.1, -0.05) is 65.7 Å². The highest BCUT2D eigenvalue weighted by Gasteiger charge is 2.05. The fraction of sp³-hybridized carbons (Fsp3) is 0.0625. The number of fused-ring (bicyclic) bond motifs is 1. The lowest BCUT2D eigenvalue weighted by Crippen LogP contribution is -1.86. The molecule has 0 fully saturated rings. The van der Waals surface area contributed by atoms with Crippen molar-refractivity contribution in [3.63, 3.8) is 0 Å². The summed E-state index contributed by atoms with van der Waals surface area (Å²) in [6, 6.07) is 18.4. The van der Waals surface area contributed by atoms with Crippen LogP contribution in [0.3, 0.4) is 0 Å². The Hall–Kier alpha value is -1.86. The van der Waals surface area contributed by atoms with E-state index in [2.05, 4.69) is 48.3 Å². The second kappa shape index (κ2) is 4.43. The summed E-state index contributed by atoms with van der Waals surface area (Å²) in [5.41, 5.74) is 3.25. The number of aryl methyl sites for hydroxylation is 1. The van der Waals surface area contributed by atoms with Crippen LogP contribution in [0.15, 0.2) is 54.6 Å². The van der Waals surface area contributed by atoms with E-state index >= 15 is 0 Å². The van der Waals surface area contributed by atoms with Crippen LogP contribution in [0.1, 0.15) is 5.56 Å². The van der Waals surface area contributed by atoms with Crippen LogP contribution in [0.25, 0.3) is 22.0 Å². The maximum Gasteiger partial charge on any atom is 0.137 e. The number of hydrogen-bond donors (Lipinski definition) is 0. The third-order valence-electron chi connectivity index (χ3n) is 3.04. The second-order valence-electron chi connectivity index (χ2n) is 4.39. The Kier molecular flexibility index (Phi) is 2.77. The van der Waals surface area contributed by atoms with Gasteiger partial charge in [0.25, 0.3) is 0 Å². The summed E-state index contributed by atoms with van der Waals surface area (Å²) in [6.45, 7) is 2.07. The highest BCUT2D eigenvalue weighted by atomic mass is 35.5. The lowest BCUT2D eigenvalue weighted by molar-refractivity contribution is 1.35. The van der Waals surface area contributed by atoms with E-state index in [0.717, 1.165) is 22.0 Å². The Labute approximate surface area is 111 Å². The maximum absolute atomic E-state index is 6.23. The van der Waals surface area contributed by atoms with Gasteiger partial charge in [-0.15, -0.1) is 0 Å². The van der Waals surface area contributed by atoms with Gasteiger partial charge in [0.1, 0.15) is 5.15 Å². The van der Waals surface area contributed by atoms with Gasteiger partial charge < -0.3 is 0 Å². The molecular weight excluding hydrogens is 242 g/mol. The van der Waals surface area contributed by atoms with E-state index in [9.17, 15) is 0 Å². The van der Waals surface area contributed by atoms with Gasteiger partial charge in [-0.2, -0.15) is 0 Å². The Balaban J connectivity index is 2.21. The molecule has 0 aliphatic rings. The Morgan fingerprint density at radius 2 is 1.67 bits per heavy atom. The van der Waals surface area contributed by atoms with Crippen LogP contribution >= 0.6 is 11.6 Å². The van der Waals surface area contributed by atoms with E-state index in [-0.39, 0.29) is 0 Å². The molecule has 3 rings (SSSR count). The van der Waals surface area contributed by atoms with Gasteiger partial charge in [0.15, 0.2) is 0 Å². The molecule has 1 nitrogen and oxygen atoms in total. The fourth-order valence-electron chi connectivity index (χ4n) is 2.03. The molecule has 1 aromatic heterocycles. The van der Waals surface area contributed by atoms with E-state index in [1.165, 1.54) is 5.56 Å². The molecule has 0 aliphatic heterocycles. The largest absolute Gasteiger partial charge is 0.235 e. The summed E-state index contributed by atoms with van der Waals surface area (Å²) in [7, 11) is 0. The molecule has 0 saturated carbocycles. The van der Waals surface area contributed by atoms with Crippen molar-refractivity contribution in [2.75, 3.05) is 0 Å². The highest BCUT2D eigenvalue weighted by molar-refractivity contribution is 6.34. The lowest BCUT2D eigenvalue weighted by Gasteiger charge is -2.05. The van der Waals surface area contributed by atoms with Crippen molar-refractivity contribution in [1.29, 1.82) is 0 Å². The number of pyridine rings is 1. The number of nitrogens with zero attached hydrogens (tertiary/aromatic N) is 1. The van der Waals surface area contributed by atoms with Crippen LogP contribution in [0.5, 0.6) is 0 Å². The molecule has 18 heavy (non-hydrogen) atoms. The molecule has 2 aromatic carbocycles. The van der Waals surface area contributed by atoms with Crippen molar-refractivity contribution in [2.45, 2.75) is 6.92 Å². The molecule has 0 N–H and O–H groups in total. The Bertz CT molecular complexity index is 702. The smallest absolute Gasteiger partial charge is 0.137 e. The van der Waals surface area contributed by atoms with Crippen molar-refractivity contribution < 1.29 is 0 Å². The molecule has 0 amide bonds. The van der Waals surface area contributed by atoms with Crippen molar-refractivity contribution in [2.24, 2.45) is 0 Å². The molecule has 0 aliphatic carbocycles. The first-order valence-electron chi connectivity index (χ1n) is 5.86.